The Bertz CT molecular complexity index is 434. The van der Waals surface area contributed by atoms with E-state index in [1.165, 1.54) is 6.92 Å². The van der Waals surface area contributed by atoms with Crippen LogP contribution in [-0.2, 0) is 14.3 Å². The quantitative estimate of drug-likeness (QED) is 0.782. The zero-order valence-electron chi connectivity index (χ0n) is 12.8. The first kappa shape index (κ1) is 15.9. The first-order chi connectivity index (χ1) is 8.34. The number of ether oxygens (including phenoxy) is 1. The number of carbonyl (C=O) groups excluding carboxylic acids is 2. The second kappa shape index (κ2) is 4.44. The first-order valence-corrected chi connectivity index (χ1v) is 6.47. The zero-order chi connectivity index (χ0) is 15.2. The predicted octanol–water partition coefficient (Wildman–Crippen LogP) is 2.82. The van der Waals surface area contributed by atoms with Crippen molar-refractivity contribution in [3.8, 4) is 0 Å². The minimum Gasteiger partial charge on any atom is -0.509 e. The maximum Gasteiger partial charge on any atom is 0.178 e. The van der Waals surface area contributed by atoms with Crippen LogP contribution in [0.5, 0.6) is 0 Å². The van der Waals surface area contributed by atoms with Gasteiger partial charge in [-0.15, -0.1) is 0 Å². The van der Waals surface area contributed by atoms with Crippen LogP contribution in [0.1, 0.15) is 48.5 Å². The summed E-state index contributed by atoms with van der Waals surface area (Å²) in [4.78, 5) is 23.7. The highest BCUT2D eigenvalue weighted by atomic mass is 16.5. The van der Waals surface area contributed by atoms with Crippen molar-refractivity contribution in [2.75, 3.05) is 0 Å². The minimum absolute atomic E-state index is 0.127. The molecule has 4 heteroatoms. The lowest BCUT2D eigenvalue weighted by atomic mass is 9.76. The van der Waals surface area contributed by atoms with Gasteiger partial charge in [0.2, 0.25) is 0 Å². The maximum atomic E-state index is 12.5. The van der Waals surface area contributed by atoms with Gasteiger partial charge in [-0.05, 0) is 12.3 Å². The van der Waals surface area contributed by atoms with Gasteiger partial charge in [-0.2, -0.15) is 0 Å². The number of Topliss-reactive ketones (excluding diaryl/α,β-unsaturated/α-hetero) is 1. The Morgan fingerprint density at radius 3 is 2.05 bits per heavy atom. The van der Waals surface area contributed by atoms with E-state index in [0.717, 1.165) is 0 Å². The van der Waals surface area contributed by atoms with Gasteiger partial charge in [-0.3, -0.25) is 9.59 Å². The summed E-state index contributed by atoms with van der Waals surface area (Å²) in [6, 6.07) is 0. The van der Waals surface area contributed by atoms with Crippen molar-refractivity contribution in [1.29, 1.82) is 0 Å². The molecule has 0 fully saturated rings. The molecule has 1 aliphatic rings. The molecule has 0 bridgehead atoms. The number of carbonyl (C=O) groups is 2. The van der Waals surface area contributed by atoms with Crippen molar-refractivity contribution in [2.24, 2.45) is 10.8 Å². The van der Waals surface area contributed by atoms with Crippen LogP contribution in [0.4, 0.5) is 0 Å². The summed E-state index contributed by atoms with van der Waals surface area (Å²) in [5.74, 6) is -0.257. The van der Waals surface area contributed by atoms with Crippen molar-refractivity contribution in [3.63, 3.8) is 0 Å². The van der Waals surface area contributed by atoms with Crippen molar-refractivity contribution in [1.82, 2.24) is 0 Å². The Morgan fingerprint density at radius 1 is 1.26 bits per heavy atom. The summed E-state index contributed by atoms with van der Waals surface area (Å²) in [6.45, 7) is 12.5. The van der Waals surface area contributed by atoms with Gasteiger partial charge in [0.05, 0.1) is 0 Å². The number of rotatable bonds is 2. The van der Waals surface area contributed by atoms with E-state index in [0.29, 0.717) is 11.9 Å². The van der Waals surface area contributed by atoms with E-state index >= 15 is 0 Å². The molecule has 1 aliphatic heterocycles. The van der Waals surface area contributed by atoms with E-state index in [9.17, 15) is 14.7 Å². The highest BCUT2D eigenvalue weighted by Gasteiger charge is 2.51. The van der Waals surface area contributed by atoms with Crippen molar-refractivity contribution in [3.05, 3.63) is 11.3 Å². The SMILES string of the molecule is CC(C)(C)C(=O)C1OC(C)(C=O)C(O)=C1C(C)(C)C. The van der Waals surface area contributed by atoms with E-state index in [1.807, 2.05) is 20.8 Å². The van der Waals surface area contributed by atoms with Crippen molar-refractivity contribution < 1.29 is 19.4 Å². The minimum atomic E-state index is -1.42. The fourth-order valence-electron chi connectivity index (χ4n) is 2.16. The Morgan fingerprint density at radius 2 is 1.74 bits per heavy atom. The fraction of sp³-hybridized carbons (Fsp3) is 0.733. The van der Waals surface area contributed by atoms with Crippen LogP contribution >= 0.6 is 0 Å². The maximum absolute atomic E-state index is 12.5. The van der Waals surface area contributed by atoms with Gasteiger partial charge < -0.3 is 9.84 Å². The van der Waals surface area contributed by atoms with Crippen molar-refractivity contribution >= 4 is 12.1 Å². The molecule has 0 radical (unpaired) electrons. The average Bonchev–Trinajstić information content (AvgIpc) is 2.49. The smallest absolute Gasteiger partial charge is 0.178 e. The largest absolute Gasteiger partial charge is 0.509 e. The molecule has 1 rings (SSSR count). The lowest BCUT2D eigenvalue weighted by Crippen LogP contribution is -2.39. The third kappa shape index (κ3) is 2.73. The molecule has 0 aromatic heterocycles. The van der Waals surface area contributed by atoms with Gasteiger partial charge in [0.15, 0.2) is 17.7 Å². The lowest BCUT2D eigenvalue weighted by Gasteiger charge is -2.29. The number of aliphatic hydroxyl groups excluding tert-OH is 1. The van der Waals surface area contributed by atoms with Crippen LogP contribution in [0.2, 0.25) is 0 Å². The second-order valence-corrected chi connectivity index (χ2v) is 7.35. The third-order valence-corrected chi connectivity index (χ3v) is 3.36. The molecule has 108 valence electrons. The number of hydrogen-bond acceptors (Lipinski definition) is 4. The molecule has 1 heterocycles. The Balaban J connectivity index is 3.37. The Labute approximate surface area is 114 Å². The van der Waals surface area contributed by atoms with Gasteiger partial charge in [-0.1, -0.05) is 41.5 Å². The highest BCUT2D eigenvalue weighted by Crippen LogP contribution is 2.44. The fourth-order valence-corrected chi connectivity index (χ4v) is 2.16. The number of aldehydes is 1. The molecule has 0 aliphatic carbocycles. The van der Waals surface area contributed by atoms with E-state index in [-0.39, 0.29) is 11.5 Å². The van der Waals surface area contributed by atoms with Crippen LogP contribution < -0.4 is 0 Å². The molecule has 0 aromatic carbocycles. The molecule has 2 atom stereocenters. The van der Waals surface area contributed by atoms with Crippen LogP contribution in [0.15, 0.2) is 11.3 Å². The monoisotopic (exact) mass is 268 g/mol. The van der Waals surface area contributed by atoms with Gasteiger partial charge in [0, 0.05) is 11.0 Å². The molecule has 0 amide bonds. The van der Waals surface area contributed by atoms with Gasteiger partial charge >= 0.3 is 0 Å². The normalized spacial score (nSPS) is 28.7. The molecular weight excluding hydrogens is 244 g/mol. The lowest BCUT2D eigenvalue weighted by molar-refractivity contribution is -0.145. The van der Waals surface area contributed by atoms with Crippen LogP contribution in [-0.4, -0.2) is 28.9 Å². The van der Waals surface area contributed by atoms with Crippen LogP contribution in [0, 0.1) is 10.8 Å². The Hall–Kier alpha value is -1.16. The van der Waals surface area contributed by atoms with Crippen LogP contribution in [0.25, 0.3) is 0 Å². The molecule has 0 saturated heterocycles. The molecule has 19 heavy (non-hydrogen) atoms. The summed E-state index contributed by atoms with van der Waals surface area (Å²) < 4.78 is 5.60. The first-order valence-electron chi connectivity index (χ1n) is 6.47. The average molecular weight is 268 g/mol. The summed E-state index contributed by atoms with van der Waals surface area (Å²) in [7, 11) is 0. The number of ketones is 1. The van der Waals surface area contributed by atoms with Gasteiger partial charge in [0.25, 0.3) is 0 Å². The molecule has 2 unspecified atom stereocenters. The van der Waals surface area contributed by atoms with Crippen LogP contribution in [0.3, 0.4) is 0 Å². The van der Waals surface area contributed by atoms with E-state index in [4.69, 9.17) is 4.74 Å². The summed E-state index contributed by atoms with van der Waals surface area (Å²) in [5.41, 5.74) is -1.97. The van der Waals surface area contributed by atoms with Gasteiger partial charge in [-0.25, -0.2) is 0 Å². The molecule has 4 nitrogen and oxygen atoms in total. The summed E-state index contributed by atoms with van der Waals surface area (Å²) >= 11 is 0. The van der Waals surface area contributed by atoms with Gasteiger partial charge in [0.1, 0.15) is 11.9 Å². The highest BCUT2D eigenvalue weighted by molar-refractivity contribution is 5.92. The zero-order valence-corrected chi connectivity index (χ0v) is 12.8. The third-order valence-electron chi connectivity index (χ3n) is 3.36. The molecular formula is C15H24O4. The summed E-state index contributed by atoms with van der Waals surface area (Å²) in [6.07, 6.45) is -0.320. The molecule has 1 N–H and O–H groups in total. The summed E-state index contributed by atoms with van der Waals surface area (Å²) in [5, 5.41) is 10.3. The molecule has 0 spiro atoms. The van der Waals surface area contributed by atoms with Crippen molar-refractivity contribution in [2.45, 2.75) is 60.2 Å². The molecule has 0 saturated carbocycles. The predicted molar refractivity (Wildman–Crippen MR) is 72.9 cm³/mol. The molecule has 0 aromatic rings. The number of aliphatic hydroxyl groups is 1. The van der Waals surface area contributed by atoms with E-state index < -0.39 is 22.5 Å². The topological polar surface area (TPSA) is 63.6 Å². The van der Waals surface area contributed by atoms with E-state index in [2.05, 4.69) is 0 Å². The Kier molecular flexibility index (Phi) is 3.72. The number of hydrogen-bond donors (Lipinski definition) is 1. The second-order valence-electron chi connectivity index (χ2n) is 7.35. The van der Waals surface area contributed by atoms with E-state index in [1.54, 1.807) is 20.8 Å². The standard InChI is InChI=1S/C15H24O4/c1-13(2,3)9-10(12(18)14(4,5)6)19-15(7,8-16)11(9)17/h8,10,17H,1-7H3.